The van der Waals surface area contributed by atoms with Crippen molar-refractivity contribution in [1.82, 2.24) is 10.7 Å². The van der Waals surface area contributed by atoms with E-state index < -0.39 is 11.8 Å². The van der Waals surface area contributed by atoms with Crippen molar-refractivity contribution in [2.24, 2.45) is 5.10 Å². The third-order valence-electron chi connectivity index (χ3n) is 3.45. The second kappa shape index (κ2) is 10.3. The highest BCUT2D eigenvalue weighted by molar-refractivity contribution is 6.35. The van der Waals surface area contributed by atoms with E-state index in [4.69, 9.17) is 16.3 Å². The van der Waals surface area contributed by atoms with Crippen LogP contribution in [0.25, 0.3) is 0 Å². The molecule has 28 heavy (non-hydrogen) atoms. The summed E-state index contributed by atoms with van der Waals surface area (Å²) in [6.45, 7) is 6.06. The predicted octanol–water partition coefficient (Wildman–Crippen LogP) is 3.46. The molecular formula is C20H23ClN4O3. The fraction of sp³-hybridized carbons (Fsp3) is 0.250. The Kier molecular flexibility index (Phi) is 7.83. The van der Waals surface area contributed by atoms with Gasteiger partial charge in [-0.05, 0) is 63.2 Å². The Morgan fingerprint density at radius 3 is 2.50 bits per heavy atom. The van der Waals surface area contributed by atoms with Crippen LogP contribution in [0.3, 0.4) is 0 Å². The quantitative estimate of drug-likeness (QED) is 0.375. The molecule has 0 aliphatic rings. The van der Waals surface area contributed by atoms with E-state index in [0.29, 0.717) is 17.2 Å². The van der Waals surface area contributed by atoms with Crippen LogP contribution in [0.1, 0.15) is 26.3 Å². The molecule has 2 amide bonds. The molecule has 0 radical (unpaired) electrons. The Morgan fingerprint density at radius 1 is 1.14 bits per heavy atom. The van der Waals surface area contributed by atoms with Gasteiger partial charge in [0.25, 0.3) is 0 Å². The number of hydrogen-bond donors (Lipinski definition) is 3. The number of rotatable bonds is 7. The summed E-state index contributed by atoms with van der Waals surface area (Å²) < 4.78 is 5.43. The number of benzene rings is 2. The van der Waals surface area contributed by atoms with Gasteiger partial charge in [-0.15, -0.1) is 0 Å². The standard InChI is InChI=1S/C20H23ClN4O3/c1-4-28-17-8-6-16(7-9-17)24-18-10-5-15(21)11-14(18)12-22-25-20(27)19(26)23-13(2)3/h5-13,24H,4H2,1-3H3,(H,23,26)(H,25,27)/b22-12-. The fourth-order valence-corrected chi connectivity index (χ4v) is 2.43. The van der Waals surface area contributed by atoms with Crippen molar-refractivity contribution in [2.45, 2.75) is 26.8 Å². The first-order valence-electron chi connectivity index (χ1n) is 8.82. The van der Waals surface area contributed by atoms with Crippen molar-refractivity contribution in [3.8, 4) is 5.75 Å². The molecule has 3 N–H and O–H groups in total. The zero-order valence-electron chi connectivity index (χ0n) is 16.0. The van der Waals surface area contributed by atoms with E-state index in [-0.39, 0.29) is 6.04 Å². The molecule has 0 saturated carbocycles. The van der Waals surface area contributed by atoms with E-state index in [2.05, 4.69) is 21.2 Å². The lowest BCUT2D eigenvalue weighted by Crippen LogP contribution is -2.41. The van der Waals surface area contributed by atoms with Gasteiger partial charge in [-0.25, -0.2) is 5.43 Å². The van der Waals surface area contributed by atoms with E-state index in [1.54, 1.807) is 32.0 Å². The third kappa shape index (κ3) is 6.59. The number of hydrogen-bond acceptors (Lipinski definition) is 5. The monoisotopic (exact) mass is 402 g/mol. The number of anilines is 2. The predicted molar refractivity (Wildman–Crippen MR) is 111 cm³/mol. The van der Waals surface area contributed by atoms with Crippen LogP contribution in [0.2, 0.25) is 5.02 Å². The lowest BCUT2D eigenvalue weighted by atomic mass is 10.2. The first-order valence-corrected chi connectivity index (χ1v) is 9.20. The van der Waals surface area contributed by atoms with Gasteiger partial charge in [0.2, 0.25) is 0 Å². The number of nitrogens with zero attached hydrogens (tertiary/aromatic N) is 1. The number of amides is 2. The van der Waals surface area contributed by atoms with Crippen LogP contribution in [0.5, 0.6) is 5.75 Å². The molecule has 0 bridgehead atoms. The van der Waals surface area contributed by atoms with Gasteiger partial charge in [0.15, 0.2) is 0 Å². The van der Waals surface area contributed by atoms with Crippen molar-refractivity contribution in [1.29, 1.82) is 0 Å². The summed E-state index contributed by atoms with van der Waals surface area (Å²) in [5, 5.41) is 10.1. The maximum absolute atomic E-state index is 11.7. The zero-order valence-corrected chi connectivity index (χ0v) is 16.7. The molecule has 0 aliphatic heterocycles. The van der Waals surface area contributed by atoms with Gasteiger partial charge in [-0.2, -0.15) is 5.10 Å². The largest absolute Gasteiger partial charge is 0.494 e. The van der Waals surface area contributed by atoms with Gasteiger partial charge < -0.3 is 15.4 Å². The molecule has 0 saturated heterocycles. The minimum absolute atomic E-state index is 0.139. The van der Waals surface area contributed by atoms with Crippen LogP contribution < -0.4 is 20.8 Å². The number of ether oxygens (including phenoxy) is 1. The molecule has 0 fully saturated rings. The van der Waals surface area contributed by atoms with Crippen molar-refractivity contribution >= 4 is 41.0 Å². The molecule has 0 unspecified atom stereocenters. The molecule has 2 rings (SSSR count). The van der Waals surface area contributed by atoms with E-state index in [1.165, 1.54) is 6.21 Å². The first-order chi connectivity index (χ1) is 13.4. The van der Waals surface area contributed by atoms with Gasteiger partial charge in [-0.3, -0.25) is 9.59 Å². The first kappa shape index (κ1) is 21.2. The highest BCUT2D eigenvalue weighted by Crippen LogP contribution is 2.24. The molecule has 0 spiro atoms. The molecule has 2 aromatic carbocycles. The van der Waals surface area contributed by atoms with Crippen LogP contribution in [0, 0.1) is 0 Å². The SMILES string of the molecule is CCOc1ccc(Nc2ccc(Cl)cc2/C=N\NC(=O)C(=O)NC(C)C)cc1. The van der Waals surface area contributed by atoms with E-state index >= 15 is 0 Å². The zero-order chi connectivity index (χ0) is 20.5. The second-order valence-corrected chi connectivity index (χ2v) is 6.58. The Morgan fingerprint density at radius 2 is 1.86 bits per heavy atom. The van der Waals surface area contributed by atoms with Gasteiger partial charge in [-0.1, -0.05) is 11.6 Å². The smallest absolute Gasteiger partial charge is 0.329 e. The lowest BCUT2D eigenvalue weighted by Gasteiger charge is -2.11. The average molecular weight is 403 g/mol. The van der Waals surface area contributed by atoms with E-state index in [1.807, 2.05) is 31.2 Å². The molecule has 0 aliphatic carbocycles. The Labute approximate surface area is 169 Å². The highest BCUT2D eigenvalue weighted by Gasteiger charge is 2.13. The van der Waals surface area contributed by atoms with Crippen LogP contribution in [-0.2, 0) is 9.59 Å². The van der Waals surface area contributed by atoms with Crippen LogP contribution in [0.15, 0.2) is 47.6 Å². The van der Waals surface area contributed by atoms with Gasteiger partial charge in [0.1, 0.15) is 5.75 Å². The Balaban J connectivity index is 2.09. The van der Waals surface area contributed by atoms with Crippen molar-refractivity contribution in [3.63, 3.8) is 0 Å². The minimum atomic E-state index is -0.840. The molecule has 0 heterocycles. The molecule has 148 valence electrons. The minimum Gasteiger partial charge on any atom is -0.494 e. The molecule has 7 nitrogen and oxygen atoms in total. The number of hydrazone groups is 1. The molecular weight excluding hydrogens is 380 g/mol. The van der Waals surface area contributed by atoms with E-state index in [9.17, 15) is 9.59 Å². The van der Waals surface area contributed by atoms with Crippen LogP contribution in [-0.4, -0.2) is 30.7 Å². The molecule has 8 heteroatoms. The molecule has 0 atom stereocenters. The second-order valence-electron chi connectivity index (χ2n) is 6.14. The van der Waals surface area contributed by atoms with Crippen LogP contribution >= 0.6 is 11.6 Å². The molecule has 0 aromatic heterocycles. The van der Waals surface area contributed by atoms with Gasteiger partial charge in [0.05, 0.1) is 12.8 Å². The number of nitrogens with one attached hydrogen (secondary N) is 3. The maximum Gasteiger partial charge on any atom is 0.329 e. The van der Waals surface area contributed by atoms with Crippen molar-refractivity contribution in [3.05, 3.63) is 53.1 Å². The fourth-order valence-electron chi connectivity index (χ4n) is 2.25. The highest BCUT2D eigenvalue weighted by atomic mass is 35.5. The average Bonchev–Trinajstić information content (AvgIpc) is 2.65. The lowest BCUT2D eigenvalue weighted by molar-refractivity contribution is -0.139. The summed E-state index contributed by atoms with van der Waals surface area (Å²) in [5.74, 6) is -0.799. The summed E-state index contributed by atoms with van der Waals surface area (Å²) >= 11 is 6.07. The summed E-state index contributed by atoms with van der Waals surface area (Å²) in [4.78, 5) is 23.3. The number of carbonyl (C=O) groups excluding carboxylic acids is 2. The van der Waals surface area contributed by atoms with Gasteiger partial charge in [0, 0.05) is 28.0 Å². The number of halogens is 1. The normalized spacial score (nSPS) is 10.8. The Hall–Kier alpha value is -3.06. The number of carbonyl (C=O) groups is 2. The van der Waals surface area contributed by atoms with Crippen molar-refractivity contribution < 1.29 is 14.3 Å². The van der Waals surface area contributed by atoms with Crippen molar-refractivity contribution in [2.75, 3.05) is 11.9 Å². The topological polar surface area (TPSA) is 91.8 Å². The van der Waals surface area contributed by atoms with E-state index in [0.717, 1.165) is 17.1 Å². The molecule has 2 aromatic rings. The van der Waals surface area contributed by atoms with Gasteiger partial charge >= 0.3 is 11.8 Å². The maximum atomic E-state index is 11.7. The summed E-state index contributed by atoms with van der Waals surface area (Å²) in [5.41, 5.74) is 4.43. The summed E-state index contributed by atoms with van der Waals surface area (Å²) in [7, 11) is 0. The third-order valence-corrected chi connectivity index (χ3v) is 3.69. The van der Waals surface area contributed by atoms with Crippen LogP contribution in [0.4, 0.5) is 11.4 Å². The summed E-state index contributed by atoms with van der Waals surface area (Å²) in [6.07, 6.45) is 1.42. The Bertz CT molecular complexity index is 851. The summed E-state index contributed by atoms with van der Waals surface area (Å²) in [6, 6.07) is 12.6.